The fourth-order valence-electron chi connectivity index (χ4n) is 3.28. The molecule has 20 heavy (non-hydrogen) atoms. The minimum Gasteiger partial charge on any atom is -0.477 e. The molecule has 1 aromatic carbocycles. The molecule has 0 radical (unpaired) electrons. The summed E-state index contributed by atoms with van der Waals surface area (Å²) in [5, 5.41) is 14.5. The smallest absolute Gasteiger partial charge is 0.352 e. The molecule has 3 rings (SSSR count). The summed E-state index contributed by atoms with van der Waals surface area (Å²) in [6, 6.07) is 5.67. The van der Waals surface area contributed by atoms with Crippen molar-refractivity contribution in [1.29, 1.82) is 0 Å². The first-order valence-electron chi connectivity index (χ1n) is 6.82. The number of carbonyl (C=O) groups is 1. The second-order valence-corrected chi connectivity index (χ2v) is 5.69. The van der Waals surface area contributed by atoms with E-state index in [1.54, 1.807) is 11.6 Å². The van der Waals surface area contributed by atoms with Gasteiger partial charge in [0.05, 0.1) is 10.5 Å². The topological polar surface area (TPSA) is 54.3 Å². The average molecular weight is 293 g/mol. The Morgan fingerprint density at radius 1 is 1.40 bits per heavy atom. The number of benzene rings is 1. The number of aromatic nitrogens is 1. The van der Waals surface area contributed by atoms with Gasteiger partial charge in [0.25, 0.3) is 0 Å². The summed E-state index contributed by atoms with van der Waals surface area (Å²) in [5.74, 6) is -0.599. The van der Waals surface area contributed by atoms with Gasteiger partial charge in [-0.05, 0) is 43.5 Å². The van der Waals surface area contributed by atoms with Crippen LogP contribution in [0.1, 0.15) is 34.8 Å². The first-order valence-corrected chi connectivity index (χ1v) is 7.20. The molecule has 5 heteroatoms. The number of rotatable bonds is 2. The molecule has 0 aliphatic carbocycles. The van der Waals surface area contributed by atoms with E-state index in [0.717, 1.165) is 42.4 Å². The second kappa shape index (κ2) is 5.11. The fourth-order valence-corrected chi connectivity index (χ4v) is 3.58. The number of carboxylic acids is 1. The molecular formula is C15H17ClN2O2. The lowest BCUT2D eigenvalue weighted by Gasteiger charge is -2.23. The SMILES string of the molecule is Cn1c(C(=O)O)c(C2CCNCC2)c2cccc(Cl)c21. The molecule has 2 aromatic rings. The van der Waals surface area contributed by atoms with Gasteiger partial charge < -0.3 is 15.0 Å². The van der Waals surface area contributed by atoms with E-state index in [1.165, 1.54) is 0 Å². The Balaban J connectivity index is 2.30. The Hall–Kier alpha value is -1.52. The van der Waals surface area contributed by atoms with E-state index < -0.39 is 5.97 Å². The van der Waals surface area contributed by atoms with Crippen LogP contribution < -0.4 is 5.32 Å². The lowest BCUT2D eigenvalue weighted by molar-refractivity contribution is 0.0685. The van der Waals surface area contributed by atoms with E-state index >= 15 is 0 Å². The molecule has 0 bridgehead atoms. The summed E-state index contributed by atoms with van der Waals surface area (Å²) in [6.07, 6.45) is 1.93. The molecule has 1 aliphatic rings. The molecule has 0 unspecified atom stereocenters. The van der Waals surface area contributed by atoms with Crippen molar-refractivity contribution in [2.24, 2.45) is 7.05 Å². The quantitative estimate of drug-likeness (QED) is 0.895. The van der Waals surface area contributed by atoms with Gasteiger partial charge in [0.2, 0.25) is 0 Å². The van der Waals surface area contributed by atoms with Gasteiger partial charge in [-0.3, -0.25) is 0 Å². The number of hydrogen-bond donors (Lipinski definition) is 2. The van der Waals surface area contributed by atoms with Crippen LogP contribution in [0, 0.1) is 0 Å². The Morgan fingerprint density at radius 3 is 2.75 bits per heavy atom. The molecule has 0 saturated carbocycles. The number of fused-ring (bicyclic) bond motifs is 1. The molecule has 1 saturated heterocycles. The van der Waals surface area contributed by atoms with Crippen molar-refractivity contribution in [3.05, 3.63) is 34.5 Å². The highest BCUT2D eigenvalue weighted by molar-refractivity contribution is 6.35. The first-order chi connectivity index (χ1) is 9.61. The molecule has 106 valence electrons. The lowest BCUT2D eigenvalue weighted by Crippen LogP contribution is -2.27. The maximum Gasteiger partial charge on any atom is 0.352 e. The zero-order valence-electron chi connectivity index (χ0n) is 11.3. The van der Waals surface area contributed by atoms with Gasteiger partial charge in [0.1, 0.15) is 5.69 Å². The summed E-state index contributed by atoms with van der Waals surface area (Å²) in [5.41, 5.74) is 2.14. The predicted octanol–water partition coefficient (Wildman–Crippen LogP) is 3.00. The van der Waals surface area contributed by atoms with Gasteiger partial charge in [-0.25, -0.2) is 4.79 Å². The highest BCUT2D eigenvalue weighted by Gasteiger charge is 2.28. The number of nitrogens with one attached hydrogen (secondary N) is 1. The summed E-state index contributed by atoms with van der Waals surface area (Å²) in [7, 11) is 1.78. The van der Waals surface area contributed by atoms with Crippen molar-refractivity contribution in [2.75, 3.05) is 13.1 Å². The van der Waals surface area contributed by atoms with E-state index in [-0.39, 0.29) is 5.92 Å². The minimum atomic E-state index is -0.881. The van der Waals surface area contributed by atoms with Crippen LogP contribution in [0.2, 0.25) is 5.02 Å². The third kappa shape index (κ3) is 2.00. The van der Waals surface area contributed by atoms with Crippen LogP contribution in [0.4, 0.5) is 0 Å². The van der Waals surface area contributed by atoms with Gasteiger partial charge in [-0.15, -0.1) is 0 Å². The molecule has 2 N–H and O–H groups in total. The zero-order valence-corrected chi connectivity index (χ0v) is 12.1. The van der Waals surface area contributed by atoms with Crippen LogP contribution >= 0.6 is 11.6 Å². The average Bonchev–Trinajstić information content (AvgIpc) is 2.74. The third-order valence-corrected chi connectivity index (χ3v) is 4.46. The van der Waals surface area contributed by atoms with E-state index in [9.17, 15) is 9.90 Å². The maximum atomic E-state index is 11.7. The van der Waals surface area contributed by atoms with Crippen LogP contribution in [-0.4, -0.2) is 28.7 Å². The normalized spacial score (nSPS) is 16.7. The molecule has 0 spiro atoms. The van der Waals surface area contributed by atoms with Crippen LogP contribution in [-0.2, 0) is 7.05 Å². The number of aryl methyl sites for hydroxylation is 1. The van der Waals surface area contributed by atoms with Crippen molar-refractivity contribution in [3.63, 3.8) is 0 Å². The Morgan fingerprint density at radius 2 is 2.10 bits per heavy atom. The number of hydrogen-bond acceptors (Lipinski definition) is 2. The fraction of sp³-hybridized carbons (Fsp3) is 0.400. The maximum absolute atomic E-state index is 11.7. The molecule has 1 aromatic heterocycles. The monoisotopic (exact) mass is 292 g/mol. The summed E-state index contributed by atoms with van der Waals surface area (Å²) in [4.78, 5) is 11.7. The van der Waals surface area contributed by atoms with E-state index in [1.807, 2.05) is 18.2 Å². The highest BCUT2D eigenvalue weighted by atomic mass is 35.5. The number of carboxylic acid groups (broad SMARTS) is 1. The van der Waals surface area contributed by atoms with Crippen LogP contribution in [0.3, 0.4) is 0 Å². The number of piperidine rings is 1. The lowest BCUT2D eigenvalue weighted by atomic mass is 9.88. The van der Waals surface area contributed by atoms with Gasteiger partial charge >= 0.3 is 5.97 Å². The van der Waals surface area contributed by atoms with Crippen molar-refractivity contribution in [1.82, 2.24) is 9.88 Å². The van der Waals surface area contributed by atoms with E-state index in [2.05, 4.69) is 5.32 Å². The van der Waals surface area contributed by atoms with Crippen LogP contribution in [0.15, 0.2) is 18.2 Å². The number of aromatic carboxylic acids is 1. The van der Waals surface area contributed by atoms with Crippen LogP contribution in [0.25, 0.3) is 10.9 Å². The van der Waals surface area contributed by atoms with Crippen molar-refractivity contribution in [3.8, 4) is 0 Å². The largest absolute Gasteiger partial charge is 0.477 e. The van der Waals surface area contributed by atoms with Gasteiger partial charge in [-0.1, -0.05) is 23.7 Å². The standard InChI is InChI=1S/C15H17ClN2O2/c1-18-13-10(3-2-4-11(13)16)12(14(18)15(19)20)9-5-7-17-8-6-9/h2-4,9,17H,5-8H2,1H3,(H,19,20). The minimum absolute atomic E-state index is 0.282. The Bertz CT molecular complexity index is 672. The number of nitrogens with zero attached hydrogens (tertiary/aromatic N) is 1. The Labute approximate surface area is 122 Å². The second-order valence-electron chi connectivity index (χ2n) is 5.29. The summed E-state index contributed by atoms with van der Waals surface area (Å²) in [6.45, 7) is 1.86. The molecular weight excluding hydrogens is 276 g/mol. The highest BCUT2D eigenvalue weighted by Crippen LogP contribution is 2.38. The van der Waals surface area contributed by atoms with Crippen molar-refractivity contribution in [2.45, 2.75) is 18.8 Å². The van der Waals surface area contributed by atoms with E-state index in [0.29, 0.717) is 10.7 Å². The Kier molecular flexibility index (Phi) is 3.44. The molecule has 1 aliphatic heterocycles. The van der Waals surface area contributed by atoms with Gasteiger partial charge in [-0.2, -0.15) is 0 Å². The summed E-state index contributed by atoms with van der Waals surface area (Å²) < 4.78 is 1.72. The zero-order chi connectivity index (χ0) is 14.3. The number of para-hydroxylation sites is 1. The third-order valence-electron chi connectivity index (χ3n) is 4.15. The predicted molar refractivity (Wildman–Crippen MR) is 79.7 cm³/mol. The van der Waals surface area contributed by atoms with Gasteiger partial charge in [0, 0.05) is 12.4 Å². The molecule has 0 atom stereocenters. The molecule has 1 fully saturated rings. The first kappa shape index (κ1) is 13.5. The molecule has 4 nitrogen and oxygen atoms in total. The molecule has 2 heterocycles. The van der Waals surface area contributed by atoms with Crippen LogP contribution in [0.5, 0.6) is 0 Å². The van der Waals surface area contributed by atoms with Crippen molar-refractivity contribution < 1.29 is 9.90 Å². The molecule has 0 amide bonds. The van der Waals surface area contributed by atoms with Gasteiger partial charge in [0.15, 0.2) is 0 Å². The summed E-state index contributed by atoms with van der Waals surface area (Å²) >= 11 is 6.27. The van der Waals surface area contributed by atoms with E-state index in [4.69, 9.17) is 11.6 Å². The van der Waals surface area contributed by atoms with Crippen molar-refractivity contribution >= 4 is 28.5 Å². The number of halogens is 1.